The van der Waals surface area contributed by atoms with Crippen LogP contribution in [-0.4, -0.2) is 38.3 Å². The second-order valence-corrected chi connectivity index (χ2v) is 4.39. The predicted octanol–water partition coefficient (Wildman–Crippen LogP) is 4.45. The van der Waals surface area contributed by atoms with Crippen LogP contribution in [0.3, 0.4) is 0 Å². The topological polar surface area (TPSA) is 12.5 Å². The van der Waals surface area contributed by atoms with Crippen molar-refractivity contribution in [1.29, 1.82) is 0 Å². The number of unbranched alkanes of at least 4 members (excludes halogenated alkanes) is 1. The molecule has 0 amide bonds. The maximum absolute atomic E-state index is 5.40. The van der Waals surface area contributed by atoms with E-state index in [1.165, 1.54) is 19.4 Å². The van der Waals surface area contributed by atoms with Gasteiger partial charge in [0, 0.05) is 6.54 Å². The highest BCUT2D eigenvalue weighted by atomic mass is 16.5. The van der Waals surface area contributed by atoms with E-state index in [0.717, 1.165) is 26.2 Å². The van der Waals surface area contributed by atoms with Gasteiger partial charge >= 0.3 is 0 Å². The lowest BCUT2D eigenvalue weighted by Crippen LogP contribution is -2.24. The molecular weight excluding hydrogens is 234 g/mol. The molecule has 0 aromatic heterocycles. The van der Waals surface area contributed by atoms with Crippen LogP contribution in [0, 0.1) is 0 Å². The summed E-state index contributed by atoms with van der Waals surface area (Å²) in [6.07, 6.45) is 13.5. The van der Waals surface area contributed by atoms with Crippen LogP contribution < -0.4 is 0 Å². The van der Waals surface area contributed by atoms with Crippen molar-refractivity contribution in [1.82, 2.24) is 4.90 Å². The average molecular weight is 267 g/mol. The first kappa shape index (κ1) is 20.5. The van der Waals surface area contributed by atoms with E-state index in [2.05, 4.69) is 31.5 Å². The SMILES string of the molecule is C/C=C\COCCN(C)CCCC.C=CC/C=C/C. The van der Waals surface area contributed by atoms with Crippen molar-refractivity contribution < 1.29 is 4.74 Å². The fourth-order valence-corrected chi connectivity index (χ4v) is 1.24. The van der Waals surface area contributed by atoms with Gasteiger partial charge in [-0.05, 0) is 40.3 Å². The molecule has 0 heterocycles. The minimum absolute atomic E-state index is 0.748. The Morgan fingerprint density at radius 2 is 1.79 bits per heavy atom. The lowest BCUT2D eigenvalue weighted by molar-refractivity contribution is 0.133. The highest BCUT2D eigenvalue weighted by Crippen LogP contribution is 1.91. The van der Waals surface area contributed by atoms with Gasteiger partial charge in [-0.25, -0.2) is 0 Å². The summed E-state index contributed by atoms with van der Waals surface area (Å²) in [7, 11) is 2.15. The molecule has 0 atom stereocenters. The summed E-state index contributed by atoms with van der Waals surface area (Å²) in [6, 6.07) is 0. The molecule has 0 bridgehead atoms. The van der Waals surface area contributed by atoms with Crippen molar-refractivity contribution in [3.05, 3.63) is 37.0 Å². The first-order valence-electron chi connectivity index (χ1n) is 7.32. The Kier molecular flexibility index (Phi) is 21.0. The number of hydrogen-bond acceptors (Lipinski definition) is 2. The van der Waals surface area contributed by atoms with Gasteiger partial charge in [-0.3, -0.25) is 0 Å². The van der Waals surface area contributed by atoms with E-state index in [9.17, 15) is 0 Å². The molecule has 0 aromatic rings. The molecule has 0 radical (unpaired) electrons. The van der Waals surface area contributed by atoms with E-state index in [-0.39, 0.29) is 0 Å². The standard InChI is InChI=1S/C11H23NO.C6H10/c1-4-6-8-12(3)9-11-13-10-7-5-2;1-3-5-6-4-2/h5,7H,4,6,8-11H2,1-3H3;3-4,6H,1,5H2,2H3/b7-5-;6-4+. The summed E-state index contributed by atoms with van der Waals surface area (Å²) in [5.74, 6) is 0. The van der Waals surface area contributed by atoms with Crippen molar-refractivity contribution >= 4 is 0 Å². The monoisotopic (exact) mass is 267 g/mol. The van der Waals surface area contributed by atoms with Crippen molar-refractivity contribution in [2.24, 2.45) is 0 Å². The second kappa shape index (κ2) is 19.5. The largest absolute Gasteiger partial charge is 0.376 e. The molecular formula is C17H33NO. The summed E-state index contributed by atoms with van der Waals surface area (Å²) in [5, 5.41) is 0. The fraction of sp³-hybridized carbons (Fsp3) is 0.647. The Balaban J connectivity index is 0. The van der Waals surface area contributed by atoms with Gasteiger partial charge in [-0.15, -0.1) is 6.58 Å². The van der Waals surface area contributed by atoms with Gasteiger partial charge in [-0.2, -0.15) is 0 Å². The Hall–Kier alpha value is -0.860. The van der Waals surface area contributed by atoms with Gasteiger partial charge in [0.05, 0.1) is 13.2 Å². The molecule has 0 saturated heterocycles. The van der Waals surface area contributed by atoms with Gasteiger partial charge < -0.3 is 9.64 Å². The molecule has 0 aliphatic rings. The molecule has 0 unspecified atom stereocenters. The molecule has 0 aliphatic heterocycles. The molecule has 0 spiro atoms. The Morgan fingerprint density at radius 3 is 2.26 bits per heavy atom. The lowest BCUT2D eigenvalue weighted by Gasteiger charge is -2.15. The number of allylic oxidation sites excluding steroid dienone is 4. The van der Waals surface area contributed by atoms with Crippen LogP contribution in [0.4, 0.5) is 0 Å². The van der Waals surface area contributed by atoms with Crippen LogP contribution in [0.2, 0.25) is 0 Å². The number of likely N-dealkylation sites (N-methyl/N-ethyl adjacent to an activating group) is 1. The highest BCUT2D eigenvalue weighted by molar-refractivity contribution is 4.85. The molecule has 2 nitrogen and oxygen atoms in total. The van der Waals surface area contributed by atoms with E-state index < -0.39 is 0 Å². The third-order valence-electron chi connectivity index (χ3n) is 2.50. The molecule has 0 aliphatic carbocycles. The van der Waals surface area contributed by atoms with Crippen molar-refractivity contribution in [3.63, 3.8) is 0 Å². The van der Waals surface area contributed by atoms with Crippen molar-refractivity contribution in [3.8, 4) is 0 Å². The van der Waals surface area contributed by atoms with Crippen molar-refractivity contribution in [2.75, 3.05) is 33.4 Å². The molecule has 19 heavy (non-hydrogen) atoms. The highest BCUT2D eigenvalue weighted by Gasteiger charge is 1.95. The second-order valence-electron chi connectivity index (χ2n) is 4.39. The van der Waals surface area contributed by atoms with Crippen molar-refractivity contribution in [2.45, 2.75) is 40.0 Å². The minimum atomic E-state index is 0.748. The lowest BCUT2D eigenvalue weighted by atomic mass is 10.3. The van der Waals surface area contributed by atoms with Gasteiger partial charge in [-0.1, -0.05) is 43.7 Å². The quantitative estimate of drug-likeness (QED) is 0.428. The third kappa shape index (κ3) is 22.8. The number of rotatable bonds is 10. The van der Waals surface area contributed by atoms with Gasteiger partial charge in [0.15, 0.2) is 0 Å². The van der Waals surface area contributed by atoms with Gasteiger partial charge in [0.1, 0.15) is 0 Å². The first-order chi connectivity index (χ1) is 9.22. The number of nitrogens with zero attached hydrogens (tertiary/aromatic N) is 1. The van der Waals surface area contributed by atoms with Gasteiger partial charge in [0.25, 0.3) is 0 Å². The zero-order valence-electron chi connectivity index (χ0n) is 13.4. The van der Waals surface area contributed by atoms with E-state index in [0.29, 0.717) is 0 Å². The summed E-state index contributed by atoms with van der Waals surface area (Å²) in [4.78, 5) is 2.32. The summed E-state index contributed by atoms with van der Waals surface area (Å²) in [6.45, 7) is 13.6. The Morgan fingerprint density at radius 1 is 1.11 bits per heavy atom. The number of hydrogen-bond donors (Lipinski definition) is 0. The van der Waals surface area contributed by atoms with Crippen LogP contribution >= 0.6 is 0 Å². The zero-order valence-corrected chi connectivity index (χ0v) is 13.4. The Labute approximate surface area is 120 Å². The maximum atomic E-state index is 5.40. The molecule has 0 fully saturated rings. The van der Waals surface area contributed by atoms with E-state index >= 15 is 0 Å². The molecule has 0 saturated carbocycles. The summed E-state index contributed by atoms with van der Waals surface area (Å²) >= 11 is 0. The molecule has 0 rings (SSSR count). The Bertz CT molecular complexity index is 221. The van der Waals surface area contributed by atoms with E-state index in [4.69, 9.17) is 4.74 Å². The maximum Gasteiger partial charge on any atom is 0.0648 e. The van der Waals surface area contributed by atoms with Crippen LogP contribution in [0.25, 0.3) is 0 Å². The summed E-state index contributed by atoms with van der Waals surface area (Å²) in [5.41, 5.74) is 0. The zero-order chi connectivity index (χ0) is 14.8. The molecule has 2 heteroatoms. The number of ether oxygens (including phenoxy) is 1. The van der Waals surface area contributed by atoms with Crippen LogP contribution in [0.1, 0.15) is 40.0 Å². The van der Waals surface area contributed by atoms with Crippen LogP contribution in [0.5, 0.6) is 0 Å². The van der Waals surface area contributed by atoms with E-state index in [1.807, 2.05) is 38.2 Å². The third-order valence-corrected chi connectivity index (χ3v) is 2.50. The molecule has 0 aromatic carbocycles. The van der Waals surface area contributed by atoms with Crippen LogP contribution in [-0.2, 0) is 4.74 Å². The van der Waals surface area contributed by atoms with Gasteiger partial charge in [0.2, 0.25) is 0 Å². The smallest absolute Gasteiger partial charge is 0.0648 e. The molecule has 0 N–H and O–H groups in total. The summed E-state index contributed by atoms with van der Waals surface area (Å²) < 4.78 is 5.40. The normalized spacial score (nSPS) is 11.0. The van der Waals surface area contributed by atoms with Crippen LogP contribution in [0.15, 0.2) is 37.0 Å². The van der Waals surface area contributed by atoms with E-state index in [1.54, 1.807) is 0 Å². The first-order valence-corrected chi connectivity index (χ1v) is 7.32. The minimum Gasteiger partial charge on any atom is -0.376 e. The predicted molar refractivity (Wildman–Crippen MR) is 87.7 cm³/mol. The average Bonchev–Trinajstić information content (AvgIpc) is 2.43. The molecule has 112 valence electrons. The fourth-order valence-electron chi connectivity index (χ4n) is 1.24.